The van der Waals surface area contributed by atoms with Crippen molar-refractivity contribution in [3.63, 3.8) is 0 Å². The van der Waals surface area contributed by atoms with E-state index >= 15 is 0 Å². The predicted octanol–water partition coefficient (Wildman–Crippen LogP) is 1.98. The highest BCUT2D eigenvalue weighted by Gasteiger charge is 2.30. The largest absolute Gasteiger partial charge is 0.573 e. The van der Waals surface area contributed by atoms with E-state index in [1.54, 1.807) is 6.92 Å². The summed E-state index contributed by atoms with van der Waals surface area (Å²) in [7, 11) is -3.24. The van der Waals surface area contributed by atoms with Crippen LogP contribution in [0.5, 0.6) is 5.75 Å². The topological polar surface area (TPSA) is 97.0 Å². The van der Waals surface area contributed by atoms with Gasteiger partial charge in [-0.05, 0) is 30.7 Å². The van der Waals surface area contributed by atoms with E-state index in [-0.39, 0.29) is 11.7 Å². The van der Waals surface area contributed by atoms with Crippen LogP contribution < -0.4 is 15.8 Å². The van der Waals surface area contributed by atoms with Gasteiger partial charge >= 0.3 is 6.36 Å². The molecule has 0 aliphatic carbocycles. The van der Waals surface area contributed by atoms with Crippen LogP contribution in [0.1, 0.15) is 13.3 Å². The standard InChI is InChI=1S/C14H21F3N4O3S/c1-3-21(25(2,22)23)10-4-9-19-13(18)20-11-5-7-12(8-6-11)24-14(15,16)17/h5-8H,3-4,9-10H2,1-2H3,(H3,18,19,20). The number of guanidine groups is 1. The molecule has 25 heavy (non-hydrogen) atoms. The van der Waals surface area contributed by atoms with Crippen LogP contribution in [0.3, 0.4) is 0 Å². The first kappa shape index (κ1) is 21.0. The van der Waals surface area contributed by atoms with E-state index in [1.165, 1.54) is 16.4 Å². The SMILES string of the molecule is CCN(CCCN=C(N)Nc1ccc(OC(F)(F)F)cc1)S(C)(=O)=O. The molecule has 0 aliphatic heterocycles. The number of hydrogen-bond acceptors (Lipinski definition) is 4. The van der Waals surface area contributed by atoms with Gasteiger partial charge in [0, 0.05) is 25.3 Å². The van der Waals surface area contributed by atoms with E-state index in [0.717, 1.165) is 18.4 Å². The summed E-state index contributed by atoms with van der Waals surface area (Å²) in [6, 6.07) is 5.03. The summed E-state index contributed by atoms with van der Waals surface area (Å²) in [6.07, 6.45) is -3.11. The van der Waals surface area contributed by atoms with Gasteiger partial charge < -0.3 is 15.8 Å². The van der Waals surface area contributed by atoms with Gasteiger partial charge in [-0.2, -0.15) is 0 Å². The van der Waals surface area contributed by atoms with Gasteiger partial charge in [-0.15, -0.1) is 13.2 Å². The molecule has 3 N–H and O–H groups in total. The van der Waals surface area contributed by atoms with Gasteiger partial charge in [0.15, 0.2) is 5.96 Å². The Morgan fingerprint density at radius 2 is 1.92 bits per heavy atom. The minimum Gasteiger partial charge on any atom is -0.406 e. The molecule has 0 radical (unpaired) electrons. The summed E-state index contributed by atoms with van der Waals surface area (Å²) in [4.78, 5) is 4.04. The Morgan fingerprint density at radius 1 is 1.32 bits per heavy atom. The van der Waals surface area contributed by atoms with E-state index in [4.69, 9.17) is 5.73 Å². The van der Waals surface area contributed by atoms with E-state index in [1.807, 2.05) is 0 Å². The molecule has 0 saturated carbocycles. The number of hydrogen-bond donors (Lipinski definition) is 2. The Balaban J connectivity index is 2.47. The third kappa shape index (κ3) is 8.59. The molecule has 0 bridgehead atoms. The number of benzene rings is 1. The molecular formula is C14H21F3N4O3S. The molecule has 0 spiro atoms. The molecule has 0 aromatic heterocycles. The average Bonchev–Trinajstić information content (AvgIpc) is 2.46. The van der Waals surface area contributed by atoms with Crippen molar-refractivity contribution in [1.29, 1.82) is 0 Å². The maximum absolute atomic E-state index is 12.1. The lowest BCUT2D eigenvalue weighted by atomic mass is 10.3. The number of rotatable bonds is 8. The molecule has 1 aromatic carbocycles. The second-order valence-corrected chi connectivity index (χ2v) is 7.05. The number of ether oxygens (including phenoxy) is 1. The predicted molar refractivity (Wildman–Crippen MR) is 89.9 cm³/mol. The summed E-state index contributed by atoms with van der Waals surface area (Å²) in [5.41, 5.74) is 6.12. The average molecular weight is 382 g/mol. The fourth-order valence-electron chi connectivity index (χ4n) is 1.93. The summed E-state index contributed by atoms with van der Waals surface area (Å²) >= 11 is 0. The fourth-order valence-corrected chi connectivity index (χ4v) is 2.86. The van der Waals surface area contributed by atoms with Gasteiger partial charge in [0.2, 0.25) is 10.0 Å². The second kappa shape index (κ2) is 8.90. The van der Waals surface area contributed by atoms with Crippen LogP contribution in [0.25, 0.3) is 0 Å². The Kier molecular flexibility index (Phi) is 7.49. The Labute approximate surface area is 144 Å². The lowest BCUT2D eigenvalue weighted by molar-refractivity contribution is -0.274. The Hall–Kier alpha value is -2.01. The van der Waals surface area contributed by atoms with Gasteiger partial charge in [0.1, 0.15) is 5.75 Å². The number of anilines is 1. The lowest BCUT2D eigenvalue weighted by Gasteiger charge is -2.16. The summed E-state index contributed by atoms with van der Waals surface area (Å²) < 4.78 is 64.1. The highest BCUT2D eigenvalue weighted by atomic mass is 32.2. The number of nitrogens with two attached hydrogens (primary N) is 1. The van der Waals surface area contributed by atoms with Gasteiger partial charge in [-0.25, -0.2) is 12.7 Å². The van der Waals surface area contributed by atoms with Crippen molar-refractivity contribution in [3.05, 3.63) is 24.3 Å². The monoisotopic (exact) mass is 382 g/mol. The maximum atomic E-state index is 12.1. The van der Waals surface area contributed by atoms with Crippen LogP contribution in [0, 0.1) is 0 Å². The maximum Gasteiger partial charge on any atom is 0.573 e. The van der Waals surface area contributed by atoms with Gasteiger partial charge in [-0.3, -0.25) is 4.99 Å². The first-order valence-electron chi connectivity index (χ1n) is 7.39. The third-order valence-corrected chi connectivity index (χ3v) is 4.41. The van der Waals surface area contributed by atoms with Crippen LogP contribution in [-0.4, -0.2) is 50.9 Å². The molecule has 0 heterocycles. The third-order valence-electron chi connectivity index (χ3n) is 3.03. The normalized spacial score (nSPS) is 13.1. The zero-order chi connectivity index (χ0) is 19.1. The van der Waals surface area contributed by atoms with Crippen LogP contribution in [0.15, 0.2) is 29.3 Å². The molecule has 7 nitrogen and oxygen atoms in total. The number of nitrogens with one attached hydrogen (secondary N) is 1. The van der Waals surface area contributed by atoms with Crippen molar-refractivity contribution in [3.8, 4) is 5.75 Å². The minimum absolute atomic E-state index is 0.0758. The lowest BCUT2D eigenvalue weighted by Crippen LogP contribution is -2.31. The highest BCUT2D eigenvalue weighted by molar-refractivity contribution is 7.88. The van der Waals surface area contributed by atoms with E-state index in [9.17, 15) is 21.6 Å². The Morgan fingerprint density at radius 3 is 2.40 bits per heavy atom. The van der Waals surface area contributed by atoms with Crippen molar-refractivity contribution in [2.24, 2.45) is 10.7 Å². The molecule has 11 heteroatoms. The molecular weight excluding hydrogens is 361 g/mol. The highest BCUT2D eigenvalue weighted by Crippen LogP contribution is 2.23. The molecule has 1 rings (SSSR count). The van der Waals surface area contributed by atoms with Gasteiger partial charge in [-0.1, -0.05) is 6.92 Å². The zero-order valence-electron chi connectivity index (χ0n) is 13.9. The molecule has 1 aromatic rings. The van der Waals surface area contributed by atoms with Crippen LogP contribution in [-0.2, 0) is 10.0 Å². The van der Waals surface area contributed by atoms with Crippen molar-refractivity contribution < 1.29 is 26.3 Å². The number of sulfonamides is 1. The molecule has 0 unspecified atom stereocenters. The van der Waals surface area contributed by atoms with Crippen molar-refractivity contribution in [2.45, 2.75) is 19.7 Å². The van der Waals surface area contributed by atoms with Gasteiger partial charge in [0.25, 0.3) is 0 Å². The molecule has 0 fully saturated rings. The zero-order valence-corrected chi connectivity index (χ0v) is 14.7. The van der Waals surface area contributed by atoms with E-state index < -0.39 is 16.4 Å². The second-order valence-electron chi connectivity index (χ2n) is 5.07. The quantitative estimate of drug-likeness (QED) is 0.407. The number of alkyl halides is 3. The van der Waals surface area contributed by atoms with Crippen LogP contribution in [0.2, 0.25) is 0 Å². The van der Waals surface area contributed by atoms with E-state index in [2.05, 4.69) is 15.0 Å². The first-order valence-corrected chi connectivity index (χ1v) is 9.24. The summed E-state index contributed by atoms with van der Waals surface area (Å²) in [5.74, 6) is -0.263. The van der Waals surface area contributed by atoms with Crippen molar-refractivity contribution in [1.82, 2.24) is 4.31 Å². The van der Waals surface area contributed by atoms with Gasteiger partial charge in [0.05, 0.1) is 6.26 Å². The number of aliphatic imine (C=N–C) groups is 1. The number of nitrogens with zero attached hydrogens (tertiary/aromatic N) is 2. The fraction of sp³-hybridized carbons (Fsp3) is 0.500. The van der Waals surface area contributed by atoms with E-state index in [0.29, 0.717) is 31.7 Å². The summed E-state index contributed by atoms with van der Waals surface area (Å²) in [5, 5.41) is 2.72. The molecule has 0 aliphatic rings. The molecule has 0 amide bonds. The van der Waals surface area contributed by atoms with Crippen LogP contribution in [0.4, 0.5) is 18.9 Å². The van der Waals surface area contributed by atoms with Crippen molar-refractivity contribution >= 4 is 21.7 Å². The number of halogens is 3. The summed E-state index contributed by atoms with van der Waals surface area (Å²) in [6.45, 7) is 2.75. The van der Waals surface area contributed by atoms with Crippen molar-refractivity contribution in [2.75, 3.05) is 31.2 Å². The first-order chi connectivity index (χ1) is 11.5. The minimum atomic E-state index is -4.74. The molecule has 0 saturated heterocycles. The molecule has 0 atom stereocenters. The smallest absolute Gasteiger partial charge is 0.406 e. The molecule has 142 valence electrons. The Bertz CT molecular complexity index is 676. The van der Waals surface area contributed by atoms with Crippen LogP contribution >= 0.6 is 0 Å².